The average molecular weight is 367 g/mol. The van der Waals surface area contributed by atoms with Crippen LogP contribution in [0.4, 0.5) is 0 Å². The minimum Gasteiger partial charge on any atom is -0.479 e. The molecule has 0 saturated carbocycles. The summed E-state index contributed by atoms with van der Waals surface area (Å²) in [4.78, 5) is 21.7. The summed E-state index contributed by atoms with van der Waals surface area (Å²) >= 11 is 6.35. The quantitative estimate of drug-likeness (QED) is 0.854. The zero-order valence-corrected chi connectivity index (χ0v) is 11.9. The molecule has 0 aromatic heterocycles. The summed E-state index contributed by atoms with van der Waals surface area (Å²) in [7, 11) is 0. The van der Waals surface area contributed by atoms with Gasteiger partial charge in [-0.05, 0) is 50.9 Å². The number of hydrogen-bond acceptors (Lipinski definition) is 3. The maximum atomic E-state index is 10.9. The maximum absolute atomic E-state index is 10.9. The van der Waals surface area contributed by atoms with Crippen molar-refractivity contribution in [2.24, 2.45) is 5.73 Å². The second-order valence-electron chi connectivity index (χ2n) is 3.24. The molecule has 17 heavy (non-hydrogen) atoms. The van der Waals surface area contributed by atoms with Crippen molar-refractivity contribution in [3.8, 4) is 5.75 Å². The second-order valence-corrected chi connectivity index (χ2v) is 4.95. The molecule has 3 N–H and O–H groups in total. The summed E-state index contributed by atoms with van der Waals surface area (Å²) in [5, 5.41) is 8.84. The number of rotatable bonds is 4. The van der Waals surface area contributed by atoms with Crippen molar-refractivity contribution in [1.82, 2.24) is 0 Å². The zero-order chi connectivity index (χ0) is 13.2. The van der Waals surface area contributed by atoms with E-state index in [9.17, 15) is 9.59 Å². The van der Waals surface area contributed by atoms with E-state index in [1.54, 1.807) is 0 Å². The van der Waals surface area contributed by atoms with Crippen LogP contribution in [0.1, 0.15) is 17.3 Å². The molecule has 0 fully saturated rings. The number of hydrogen-bond donors (Lipinski definition) is 2. The third-order valence-electron chi connectivity index (χ3n) is 1.94. The fourth-order valence-corrected chi connectivity index (χ4v) is 2.40. The van der Waals surface area contributed by atoms with Crippen LogP contribution in [0.5, 0.6) is 5.75 Å². The Hall–Kier alpha value is -1.08. The number of benzene rings is 1. The first-order valence-electron chi connectivity index (χ1n) is 4.51. The molecule has 1 aromatic rings. The lowest BCUT2D eigenvalue weighted by atomic mass is 10.2. The van der Waals surface area contributed by atoms with E-state index in [0.717, 1.165) is 0 Å². The van der Waals surface area contributed by atoms with Crippen molar-refractivity contribution in [2.75, 3.05) is 0 Å². The lowest BCUT2D eigenvalue weighted by Crippen LogP contribution is -2.30. The second kappa shape index (κ2) is 5.50. The molecule has 92 valence electrons. The Morgan fingerprint density at radius 1 is 1.35 bits per heavy atom. The van der Waals surface area contributed by atoms with E-state index in [0.29, 0.717) is 14.7 Å². The summed E-state index contributed by atoms with van der Waals surface area (Å²) in [6, 6.07) is 2.77. The summed E-state index contributed by atoms with van der Waals surface area (Å²) in [6.07, 6.45) is -0.807. The summed E-state index contributed by atoms with van der Waals surface area (Å²) in [6.45, 7) is 1.51. The number of primary amides is 1. The number of carbonyl (C=O) groups is 2. The molecule has 0 aliphatic heterocycles. The molecule has 1 atom stereocenters. The van der Waals surface area contributed by atoms with Gasteiger partial charge in [-0.3, -0.25) is 4.79 Å². The van der Waals surface area contributed by atoms with Gasteiger partial charge in [0, 0.05) is 0 Å². The van der Waals surface area contributed by atoms with Crippen LogP contribution in [-0.4, -0.2) is 23.1 Å². The average Bonchev–Trinajstić information content (AvgIpc) is 2.22. The van der Waals surface area contributed by atoms with E-state index in [2.05, 4.69) is 31.9 Å². The minimum absolute atomic E-state index is 0.0998. The van der Waals surface area contributed by atoms with Gasteiger partial charge in [-0.2, -0.15) is 0 Å². The van der Waals surface area contributed by atoms with Gasteiger partial charge in [0.05, 0.1) is 14.5 Å². The van der Waals surface area contributed by atoms with Crippen LogP contribution in [0.2, 0.25) is 0 Å². The Kier molecular flexibility index (Phi) is 4.53. The number of ether oxygens (including phenoxy) is 1. The molecule has 0 saturated heterocycles. The van der Waals surface area contributed by atoms with Gasteiger partial charge < -0.3 is 15.6 Å². The molecule has 0 aliphatic rings. The lowest BCUT2D eigenvalue weighted by molar-refractivity contribution is -0.124. The van der Waals surface area contributed by atoms with Crippen LogP contribution < -0.4 is 10.5 Å². The van der Waals surface area contributed by atoms with E-state index in [1.165, 1.54) is 19.1 Å². The van der Waals surface area contributed by atoms with E-state index in [-0.39, 0.29) is 5.56 Å². The highest BCUT2D eigenvalue weighted by molar-refractivity contribution is 9.11. The summed E-state index contributed by atoms with van der Waals surface area (Å²) < 4.78 is 6.17. The molecule has 0 bridgehead atoms. The van der Waals surface area contributed by atoms with E-state index in [4.69, 9.17) is 15.6 Å². The molecular weight excluding hydrogens is 358 g/mol. The molecule has 5 nitrogen and oxygen atoms in total. The molecule has 0 spiro atoms. The third kappa shape index (κ3) is 3.44. The van der Waals surface area contributed by atoms with Crippen molar-refractivity contribution < 1.29 is 19.4 Å². The minimum atomic E-state index is -1.05. The molecule has 1 amide bonds. The number of aromatic carboxylic acids is 1. The Morgan fingerprint density at radius 3 is 2.18 bits per heavy atom. The van der Waals surface area contributed by atoms with E-state index < -0.39 is 18.0 Å². The number of carboxylic acids is 1. The summed E-state index contributed by atoms with van der Waals surface area (Å²) in [5.74, 6) is -1.33. The molecule has 1 aromatic carbocycles. The SMILES string of the molecule is CC(Oc1c(Br)cc(C(=O)O)cc1Br)C(N)=O. The number of carboxylic acid groups (broad SMARTS) is 1. The van der Waals surface area contributed by atoms with Gasteiger partial charge in [0.2, 0.25) is 0 Å². The van der Waals surface area contributed by atoms with Crippen LogP contribution in [0, 0.1) is 0 Å². The van der Waals surface area contributed by atoms with Gasteiger partial charge in [0.1, 0.15) is 5.75 Å². The fourth-order valence-electron chi connectivity index (χ4n) is 1.03. The Bertz CT molecular complexity index is 452. The Morgan fingerprint density at radius 2 is 1.82 bits per heavy atom. The molecule has 0 aliphatic carbocycles. The molecule has 1 rings (SSSR count). The van der Waals surface area contributed by atoms with Gasteiger partial charge in [-0.25, -0.2) is 4.79 Å². The van der Waals surface area contributed by atoms with Gasteiger partial charge in [0.25, 0.3) is 5.91 Å². The predicted molar refractivity (Wildman–Crippen MR) is 68.1 cm³/mol. The van der Waals surface area contributed by atoms with Crippen molar-refractivity contribution >= 4 is 43.7 Å². The molecule has 1 unspecified atom stereocenters. The number of halogens is 2. The number of carbonyl (C=O) groups excluding carboxylic acids is 1. The van der Waals surface area contributed by atoms with Gasteiger partial charge >= 0.3 is 5.97 Å². The highest BCUT2D eigenvalue weighted by Gasteiger charge is 2.17. The Labute approximate surface area is 114 Å². The summed E-state index contributed by atoms with van der Waals surface area (Å²) in [5.41, 5.74) is 5.17. The molecule has 0 radical (unpaired) electrons. The number of nitrogens with two attached hydrogens (primary N) is 1. The van der Waals surface area contributed by atoms with Crippen molar-refractivity contribution in [3.63, 3.8) is 0 Å². The van der Waals surface area contributed by atoms with Crippen LogP contribution in [0.25, 0.3) is 0 Å². The highest BCUT2D eigenvalue weighted by atomic mass is 79.9. The standard InChI is InChI=1S/C10H9Br2NO4/c1-4(9(13)14)17-8-6(11)2-5(10(15)16)3-7(8)12/h2-4H,1H3,(H2,13,14)(H,15,16). The first-order valence-corrected chi connectivity index (χ1v) is 6.10. The van der Waals surface area contributed by atoms with Crippen LogP contribution in [0.15, 0.2) is 21.1 Å². The topological polar surface area (TPSA) is 89.6 Å². The van der Waals surface area contributed by atoms with Gasteiger partial charge in [-0.15, -0.1) is 0 Å². The van der Waals surface area contributed by atoms with Crippen molar-refractivity contribution in [1.29, 1.82) is 0 Å². The maximum Gasteiger partial charge on any atom is 0.335 e. The van der Waals surface area contributed by atoms with Crippen molar-refractivity contribution in [2.45, 2.75) is 13.0 Å². The lowest BCUT2D eigenvalue weighted by Gasteiger charge is -2.14. The molecular formula is C10H9Br2NO4. The van der Waals surface area contributed by atoms with E-state index in [1.807, 2.05) is 0 Å². The van der Waals surface area contributed by atoms with Crippen LogP contribution in [-0.2, 0) is 4.79 Å². The first-order chi connectivity index (χ1) is 7.82. The molecule has 0 heterocycles. The van der Waals surface area contributed by atoms with E-state index >= 15 is 0 Å². The normalized spacial score (nSPS) is 11.9. The fraction of sp³-hybridized carbons (Fsp3) is 0.200. The number of amides is 1. The highest BCUT2D eigenvalue weighted by Crippen LogP contribution is 2.35. The van der Waals surface area contributed by atoms with Crippen LogP contribution >= 0.6 is 31.9 Å². The van der Waals surface area contributed by atoms with Gasteiger partial charge in [-0.1, -0.05) is 0 Å². The van der Waals surface area contributed by atoms with Crippen LogP contribution in [0.3, 0.4) is 0 Å². The largest absolute Gasteiger partial charge is 0.479 e. The monoisotopic (exact) mass is 365 g/mol. The van der Waals surface area contributed by atoms with Crippen molar-refractivity contribution in [3.05, 3.63) is 26.6 Å². The Balaban J connectivity index is 3.10. The van der Waals surface area contributed by atoms with Gasteiger partial charge in [0.15, 0.2) is 6.10 Å². The predicted octanol–water partition coefficient (Wildman–Crippen LogP) is 2.16. The molecule has 7 heteroatoms. The zero-order valence-electron chi connectivity index (χ0n) is 8.74. The third-order valence-corrected chi connectivity index (χ3v) is 3.12. The smallest absolute Gasteiger partial charge is 0.335 e. The first kappa shape index (κ1) is 14.0.